The minimum absolute atomic E-state index is 0.0567. The number of imidazole rings is 1. The molecule has 3 heterocycles. The summed E-state index contributed by atoms with van der Waals surface area (Å²) < 4.78 is 52.7. The van der Waals surface area contributed by atoms with E-state index in [4.69, 9.17) is 9.72 Å². The Morgan fingerprint density at radius 2 is 1.83 bits per heavy atom. The Kier molecular flexibility index (Phi) is 5.81. The first-order valence-corrected chi connectivity index (χ1v) is 14.2. The third kappa shape index (κ3) is 3.94. The summed E-state index contributed by atoms with van der Waals surface area (Å²) in [4.78, 5) is 25.5. The highest BCUT2D eigenvalue weighted by Crippen LogP contribution is 2.64. The van der Waals surface area contributed by atoms with Gasteiger partial charge in [-0.25, -0.2) is 19.7 Å². The number of nitrogens with one attached hydrogen (secondary N) is 1. The second kappa shape index (κ2) is 8.58. The Morgan fingerprint density at radius 1 is 1.15 bits per heavy atom. The predicted molar refractivity (Wildman–Crippen MR) is 147 cm³/mol. The zero-order valence-electron chi connectivity index (χ0n) is 24.3. The lowest BCUT2D eigenvalue weighted by atomic mass is 9.52. The van der Waals surface area contributed by atoms with Gasteiger partial charge in [-0.2, -0.15) is 13.2 Å². The number of carboxylic acids is 1. The second-order valence-corrected chi connectivity index (χ2v) is 13.0. The van der Waals surface area contributed by atoms with E-state index in [-0.39, 0.29) is 29.2 Å². The lowest BCUT2D eigenvalue weighted by molar-refractivity contribution is -0.191. The number of hydrogen-bond donors (Lipinski definition) is 2. The van der Waals surface area contributed by atoms with Crippen molar-refractivity contribution in [3.8, 4) is 0 Å². The molecule has 0 saturated heterocycles. The van der Waals surface area contributed by atoms with Crippen molar-refractivity contribution in [3.63, 3.8) is 0 Å². The summed E-state index contributed by atoms with van der Waals surface area (Å²) in [6.45, 7) is 12.9. The van der Waals surface area contributed by atoms with Gasteiger partial charge in [0.15, 0.2) is 11.5 Å². The number of anilines is 1. The van der Waals surface area contributed by atoms with Crippen LogP contribution in [0.5, 0.6) is 0 Å². The van der Waals surface area contributed by atoms with Crippen LogP contribution in [0.1, 0.15) is 77.8 Å². The molecule has 4 unspecified atom stereocenters. The van der Waals surface area contributed by atoms with Crippen molar-refractivity contribution in [1.29, 1.82) is 0 Å². The Balaban J connectivity index is 1.67. The predicted octanol–water partition coefficient (Wildman–Crippen LogP) is 6.41. The number of carboxylic acid groups (broad SMARTS) is 1. The number of alkyl halides is 3. The van der Waals surface area contributed by atoms with E-state index in [0.29, 0.717) is 41.0 Å². The molecule has 1 fully saturated rings. The largest absolute Gasteiger partial charge is 0.495 e. The Labute approximate surface area is 236 Å². The highest BCUT2D eigenvalue weighted by molar-refractivity contribution is 5.91. The molecule has 0 spiro atoms. The molecular weight excluding hydrogens is 535 g/mol. The number of halogens is 3. The lowest BCUT2D eigenvalue weighted by Crippen LogP contribution is -2.52. The number of hydrogen-bond acceptors (Lipinski definition) is 6. The molecule has 1 aliphatic heterocycles. The highest BCUT2D eigenvalue weighted by Gasteiger charge is 2.63. The average Bonchev–Trinajstić information content (AvgIpc) is 3.64. The first-order chi connectivity index (χ1) is 19.0. The maximum Gasteiger partial charge on any atom is 0.401 e. The van der Waals surface area contributed by atoms with Crippen LogP contribution in [0.25, 0.3) is 11.2 Å². The number of rotatable bonds is 6. The van der Waals surface area contributed by atoms with E-state index < -0.39 is 34.3 Å². The van der Waals surface area contributed by atoms with Gasteiger partial charge in [0.1, 0.15) is 22.5 Å². The van der Waals surface area contributed by atoms with Crippen molar-refractivity contribution in [2.75, 3.05) is 5.32 Å². The second-order valence-electron chi connectivity index (χ2n) is 13.0. The summed E-state index contributed by atoms with van der Waals surface area (Å²) >= 11 is 0. The highest BCUT2D eigenvalue weighted by atomic mass is 19.4. The van der Waals surface area contributed by atoms with E-state index in [1.807, 2.05) is 45.3 Å². The summed E-state index contributed by atoms with van der Waals surface area (Å²) in [6, 6.07) is 0.0567. The van der Waals surface area contributed by atoms with Gasteiger partial charge in [-0.15, -0.1) is 0 Å². The molecule has 2 N–H and O–H groups in total. The summed E-state index contributed by atoms with van der Waals surface area (Å²) in [5.74, 6) is -0.475. The van der Waals surface area contributed by atoms with Gasteiger partial charge in [0, 0.05) is 23.9 Å². The molecule has 11 heteroatoms. The SMILES string of the molecule is CC(C)OC1=CC2(C)C3=C(C1C)C(C)(C(F)(F)F)C=CC3(C)Cn1c2nc2nc(C(=O)O)nc(N[C@H](C)C3CC3)c21. The number of aromatic nitrogens is 4. The van der Waals surface area contributed by atoms with E-state index in [1.54, 1.807) is 13.0 Å². The quantitative estimate of drug-likeness (QED) is 0.387. The molecule has 5 atom stereocenters. The number of fused-ring (bicyclic) bond motifs is 4. The fourth-order valence-corrected chi connectivity index (χ4v) is 7.26. The van der Waals surface area contributed by atoms with Crippen LogP contribution in [-0.2, 0) is 16.7 Å². The number of aromatic carboxylic acids is 1. The fourth-order valence-electron chi connectivity index (χ4n) is 7.26. The van der Waals surface area contributed by atoms with Crippen molar-refractivity contribution in [2.45, 2.75) is 91.6 Å². The van der Waals surface area contributed by atoms with Crippen molar-refractivity contribution in [3.05, 3.63) is 46.8 Å². The van der Waals surface area contributed by atoms with E-state index >= 15 is 0 Å². The molecule has 41 heavy (non-hydrogen) atoms. The van der Waals surface area contributed by atoms with Crippen LogP contribution >= 0.6 is 0 Å². The molecule has 4 aliphatic rings. The molecule has 2 aromatic rings. The third-order valence-corrected chi connectivity index (χ3v) is 9.39. The Hall–Kier alpha value is -3.37. The van der Waals surface area contributed by atoms with Gasteiger partial charge in [-0.05, 0) is 70.6 Å². The standard InChI is InChI=1S/C30H36F3N5O3/c1-14(2)41-18-12-28(6)21-19(15(18)3)29(7,30(31,32)33)11-10-27(21,5)13-38-20-22(34-16(4)17-8-9-17)35-24(25(39)40)36-23(20)37-26(28)38/h10-12,14-17H,8-9,13H2,1-7H3,(H,39,40)(H,34,35,36)/t15?,16-,27?,28?,29?/m1/s1. The smallest absolute Gasteiger partial charge is 0.401 e. The van der Waals surface area contributed by atoms with Gasteiger partial charge >= 0.3 is 12.1 Å². The molecular formula is C30H36F3N5O3. The first-order valence-electron chi connectivity index (χ1n) is 14.2. The zero-order chi connectivity index (χ0) is 29.9. The topological polar surface area (TPSA) is 102 Å². The fraction of sp³-hybridized carbons (Fsp3) is 0.600. The minimum Gasteiger partial charge on any atom is -0.495 e. The van der Waals surface area contributed by atoms with Crippen LogP contribution in [0.3, 0.4) is 0 Å². The van der Waals surface area contributed by atoms with E-state index in [9.17, 15) is 23.1 Å². The van der Waals surface area contributed by atoms with Gasteiger partial charge in [0.2, 0.25) is 5.82 Å². The molecule has 8 nitrogen and oxygen atoms in total. The van der Waals surface area contributed by atoms with Crippen LogP contribution in [0.4, 0.5) is 19.0 Å². The molecule has 3 aliphatic carbocycles. The first kappa shape index (κ1) is 27.8. The Morgan fingerprint density at radius 3 is 2.41 bits per heavy atom. The summed E-state index contributed by atoms with van der Waals surface area (Å²) in [5, 5.41) is 13.2. The molecule has 6 rings (SSSR count). The van der Waals surface area contributed by atoms with Gasteiger partial charge in [-0.3, -0.25) is 0 Å². The molecule has 0 radical (unpaired) electrons. The van der Waals surface area contributed by atoms with Crippen LogP contribution in [-0.4, -0.2) is 48.9 Å². The van der Waals surface area contributed by atoms with Crippen molar-refractivity contribution in [1.82, 2.24) is 19.5 Å². The molecule has 0 bridgehead atoms. The normalized spacial score (nSPS) is 31.6. The number of ether oxygens (including phenoxy) is 1. The molecule has 220 valence electrons. The average molecular weight is 572 g/mol. The summed E-state index contributed by atoms with van der Waals surface area (Å²) in [7, 11) is 0. The summed E-state index contributed by atoms with van der Waals surface area (Å²) in [5.41, 5.74) is -2.37. The number of nitrogens with zero attached hydrogens (tertiary/aromatic N) is 4. The van der Waals surface area contributed by atoms with E-state index in [1.165, 1.54) is 13.0 Å². The summed E-state index contributed by atoms with van der Waals surface area (Å²) in [6.07, 6.45) is 2.28. The van der Waals surface area contributed by atoms with Crippen molar-refractivity contribution < 1.29 is 27.8 Å². The third-order valence-electron chi connectivity index (χ3n) is 9.39. The van der Waals surface area contributed by atoms with Gasteiger partial charge in [0.05, 0.1) is 11.5 Å². The van der Waals surface area contributed by atoms with Crippen LogP contribution in [0, 0.1) is 22.7 Å². The molecule has 1 saturated carbocycles. The van der Waals surface area contributed by atoms with Crippen molar-refractivity contribution in [2.24, 2.45) is 22.7 Å². The molecule has 0 aromatic carbocycles. The molecule has 2 aromatic heterocycles. The zero-order valence-corrected chi connectivity index (χ0v) is 24.3. The van der Waals surface area contributed by atoms with Gasteiger partial charge < -0.3 is 19.7 Å². The van der Waals surface area contributed by atoms with Crippen molar-refractivity contribution >= 4 is 23.0 Å². The maximum absolute atomic E-state index is 14.9. The Bertz CT molecular complexity index is 1570. The van der Waals surface area contributed by atoms with Crippen LogP contribution in [0.15, 0.2) is 35.1 Å². The maximum atomic E-state index is 14.9. The monoisotopic (exact) mass is 571 g/mol. The van der Waals surface area contributed by atoms with E-state index in [2.05, 4.69) is 15.3 Å². The minimum atomic E-state index is -4.53. The van der Waals surface area contributed by atoms with Crippen LogP contribution in [0.2, 0.25) is 0 Å². The van der Waals surface area contributed by atoms with Crippen LogP contribution < -0.4 is 5.32 Å². The molecule has 0 amide bonds. The lowest BCUT2D eigenvalue weighted by Gasteiger charge is -2.55. The van der Waals surface area contributed by atoms with Gasteiger partial charge in [-0.1, -0.05) is 26.0 Å². The number of carbonyl (C=O) groups is 1. The van der Waals surface area contributed by atoms with E-state index in [0.717, 1.165) is 12.8 Å². The van der Waals surface area contributed by atoms with Gasteiger partial charge in [0.25, 0.3) is 0 Å². The number of allylic oxidation sites excluding steroid dienone is 5.